The fourth-order valence-electron chi connectivity index (χ4n) is 2.42. The molecule has 1 aliphatic rings. The Morgan fingerprint density at radius 1 is 1.24 bits per heavy atom. The smallest absolute Gasteiger partial charge is 0.149 e. The number of hydrogen-bond acceptors (Lipinski definition) is 3. The summed E-state index contributed by atoms with van der Waals surface area (Å²) in [7, 11) is 0. The van der Waals surface area contributed by atoms with Gasteiger partial charge in [0.25, 0.3) is 0 Å². The summed E-state index contributed by atoms with van der Waals surface area (Å²) >= 11 is 0. The van der Waals surface area contributed by atoms with Gasteiger partial charge in [-0.3, -0.25) is 14.7 Å². The number of ketones is 2. The highest BCUT2D eigenvalue weighted by molar-refractivity contribution is 6.05. The van der Waals surface area contributed by atoms with Crippen LogP contribution >= 0.6 is 0 Å². The van der Waals surface area contributed by atoms with E-state index in [0.717, 1.165) is 16.6 Å². The van der Waals surface area contributed by atoms with Crippen LogP contribution < -0.4 is 0 Å². The summed E-state index contributed by atoms with van der Waals surface area (Å²) in [6.07, 6.45) is 1.16. The Labute approximate surface area is 98.0 Å². The van der Waals surface area contributed by atoms with Crippen LogP contribution in [0.5, 0.6) is 0 Å². The molecule has 17 heavy (non-hydrogen) atoms. The van der Waals surface area contributed by atoms with Crippen LogP contribution in [0.25, 0.3) is 10.9 Å². The highest BCUT2D eigenvalue weighted by Crippen LogP contribution is 2.31. The number of nitrogens with one attached hydrogen (secondary N) is 1. The molecule has 1 atom stereocenters. The third kappa shape index (κ3) is 1.65. The summed E-state index contributed by atoms with van der Waals surface area (Å²) in [4.78, 5) is 23.1. The zero-order chi connectivity index (χ0) is 11.8. The van der Waals surface area contributed by atoms with Crippen LogP contribution in [0, 0.1) is 0 Å². The van der Waals surface area contributed by atoms with Crippen molar-refractivity contribution in [3.05, 3.63) is 30.0 Å². The molecule has 1 N–H and O–H groups in total. The Kier molecular flexibility index (Phi) is 2.28. The first-order valence-corrected chi connectivity index (χ1v) is 5.73. The Bertz CT molecular complexity index is 600. The van der Waals surface area contributed by atoms with Gasteiger partial charge in [-0.05, 0) is 12.5 Å². The first-order valence-electron chi connectivity index (χ1n) is 5.73. The molecule has 0 bridgehead atoms. The van der Waals surface area contributed by atoms with E-state index in [-0.39, 0.29) is 23.9 Å². The monoisotopic (exact) mass is 228 g/mol. The molecule has 1 aromatic carbocycles. The van der Waals surface area contributed by atoms with Crippen molar-refractivity contribution in [2.45, 2.75) is 25.2 Å². The van der Waals surface area contributed by atoms with Crippen LogP contribution in [-0.2, 0) is 9.59 Å². The maximum absolute atomic E-state index is 11.9. The van der Waals surface area contributed by atoms with E-state index in [4.69, 9.17) is 0 Å². The van der Waals surface area contributed by atoms with Crippen molar-refractivity contribution in [1.29, 1.82) is 0 Å². The molecule has 0 aliphatic heterocycles. The predicted molar refractivity (Wildman–Crippen MR) is 62.7 cm³/mol. The summed E-state index contributed by atoms with van der Waals surface area (Å²) in [6, 6.07) is 7.71. The van der Waals surface area contributed by atoms with Crippen molar-refractivity contribution >= 4 is 22.5 Å². The van der Waals surface area contributed by atoms with Gasteiger partial charge in [-0.2, -0.15) is 5.10 Å². The largest absolute Gasteiger partial charge is 0.299 e. The van der Waals surface area contributed by atoms with Gasteiger partial charge in [-0.15, -0.1) is 0 Å². The molecule has 4 heteroatoms. The van der Waals surface area contributed by atoms with Crippen LogP contribution in [0.3, 0.4) is 0 Å². The van der Waals surface area contributed by atoms with Gasteiger partial charge in [0, 0.05) is 11.8 Å². The number of benzene rings is 1. The maximum atomic E-state index is 11.9. The number of aromatic amines is 1. The fraction of sp³-hybridized carbons (Fsp3) is 0.308. The zero-order valence-electron chi connectivity index (χ0n) is 9.27. The average Bonchev–Trinajstić information content (AvgIpc) is 2.73. The lowest BCUT2D eigenvalue weighted by Gasteiger charge is -2.18. The van der Waals surface area contributed by atoms with Crippen molar-refractivity contribution < 1.29 is 9.59 Å². The van der Waals surface area contributed by atoms with Crippen LogP contribution in [0.4, 0.5) is 0 Å². The van der Waals surface area contributed by atoms with E-state index in [1.165, 1.54) is 0 Å². The summed E-state index contributed by atoms with van der Waals surface area (Å²) in [5.74, 6) is -0.133. The lowest BCUT2D eigenvalue weighted by molar-refractivity contribution is -0.130. The summed E-state index contributed by atoms with van der Waals surface area (Å²) in [5, 5.41) is 8.12. The highest BCUT2D eigenvalue weighted by atomic mass is 16.1. The van der Waals surface area contributed by atoms with Crippen molar-refractivity contribution in [3.8, 4) is 0 Å². The van der Waals surface area contributed by atoms with E-state index in [9.17, 15) is 9.59 Å². The predicted octanol–water partition coefficient (Wildman–Crippen LogP) is 1.97. The van der Waals surface area contributed by atoms with E-state index in [2.05, 4.69) is 10.2 Å². The quantitative estimate of drug-likeness (QED) is 0.759. The minimum absolute atomic E-state index is 0.00986. The number of H-pyrrole nitrogens is 1. The van der Waals surface area contributed by atoms with Crippen LogP contribution in [0.1, 0.15) is 30.9 Å². The number of rotatable bonds is 1. The second-order valence-electron chi connectivity index (χ2n) is 4.43. The van der Waals surface area contributed by atoms with E-state index < -0.39 is 0 Å². The third-order valence-corrected chi connectivity index (χ3v) is 3.31. The number of carbonyl (C=O) groups excluding carboxylic acids is 2. The molecule has 3 rings (SSSR count). The average molecular weight is 228 g/mol. The molecule has 0 saturated heterocycles. The zero-order valence-corrected chi connectivity index (χ0v) is 9.27. The van der Waals surface area contributed by atoms with Crippen molar-refractivity contribution in [2.75, 3.05) is 0 Å². The van der Waals surface area contributed by atoms with E-state index in [1.54, 1.807) is 0 Å². The van der Waals surface area contributed by atoms with E-state index >= 15 is 0 Å². The number of carbonyl (C=O) groups is 2. The summed E-state index contributed by atoms with van der Waals surface area (Å²) < 4.78 is 0. The van der Waals surface area contributed by atoms with Crippen LogP contribution in [0.2, 0.25) is 0 Å². The number of aromatic nitrogens is 2. The molecule has 0 radical (unpaired) electrons. The molecule has 0 spiro atoms. The second kappa shape index (κ2) is 3.80. The van der Waals surface area contributed by atoms with Crippen LogP contribution in [0.15, 0.2) is 24.3 Å². The molecule has 1 heterocycles. The number of Topliss-reactive ketones (excluding diaryl/α,β-unsaturated/α-hetero) is 2. The highest BCUT2D eigenvalue weighted by Gasteiger charge is 2.30. The van der Waals surface area contributed by atoms with E-state index in [1.807, 2.05) is 24.3 Å². The first kappa shape index (κ1) is 10.2. The van der Waals surface area contributed by atoms with Crippen molar-refractivity contribution in [3.63, 3.8) is 0 Å². The first-order chi connectivity index (χ1) is 8.25. The minimum atomic E-state index is -0.194. The fourth-order valence-corrected chi connectivity index (χ4v) is 2.42. The normalized spacial score (nSPS) is 21.1. The summed E-state index contributed by atoms with van der Waals surface area (Å²) in [5.41, 5.74) is 1.73. The minimum Gasteiger partial charge on any atom is -0.299 e. The number of nitrogens with zero attached hydrogens (tertiary/aromatic N) is 1. The lowest BCUT2D eigenvalue weighted by atomic mass is 9.84. The Morgan fingerprint density at radius 2 is 2.06 bits per heavy atom. The number of hydrogen-bond donors (Lipinski definition) is 1. The summed E-state index contributed by atoms with van der Waals surface area (Å²) in [6.45, 7) is 0. The van der Waals surface area contributed by atoms with Gasteiger partial charge in [0.05, 0.1) is 23.5 Å². The van der Waals surface area contributed by atoms with Gasteiger partial charge < -0.3 is 0 Å². The Morgan fingerprint density at radius 3 is 2.88 bits per heavy atom. The SMILES string of the molecule is O=C1CCC(c2[nH]nc3ccccc23)C(=O)C1. The molecule has 1 saturated carbocycles. The number of fused-ring (bicyclic) bond motifs is 1. The van der Waals surface area contributed by atoms with E-state index in [0.29, 0.717) is 12.8 Å². The lowest BCUT2D eigenvalue weighted by Crippen LogP contribution is -2.23. The third-order valence-electron chi connectivity index (χ3n) is 3.31. The Balaban J connectivity index is 2.04. The molecular weight excluding hydrogens is 216 g/mol. The van der Waals surface area contributed by atoms with Crippen LogP contribution in [-0.4, -0.2) is 21.8 Å². The van der Waals surface area contributed by atoms with Gasteiger partial charge in [0.1, 0.15) is 11.6 Å². The van der Waals surface area contributed by atoms with Gasteiger partial charge in [-0.25, -0.2) is 0 Å². The number of para-hydroxylation sites is 1. The molecule has 0 amide bonds. The molecule has 86 valence electrons. The van der Waals surface area contributed by atoms with Gasteiger partial charge in [0.15, 0.2) is 0 Å². The molecule has 4 nitrogen and oxygen atoms in total. The van der Waals surface area contributed by atoms with Gasteiger partial charge in [-0.1, -0.05) is 18.2 Å². The molecule has 1 fully saturated rings. The topological polar surface area (TPSA) is 62.8 Å². The van der Waals surface area contributed by atoms with Crippen molar-refractivity contribution in [1.82, 2.24) is 10.2 Å². The second-order valence-corrected chi connectivity index (χ2v) is 4.43. The Hall–Kier alpha value is -1.97. The molecule has 2 aromatic rings. The molecule has 1 aromatic heterocycles. The van der Waals surface area contributed by atoms with Gasteiger partial charge >= 0.3 is 0 Å². The maximum Gasteiger partial charge on any atom is 0.149 e. The molecule has 1 aliphatic carbocycles. The molecule has 1 unspecified atom stereocenters. The standard InChI is InChI=1S/C13H12N2O2/c16-8-5-6-10(12(17)7-8)13-9-3-1-2-4-11(9)14-15-13/h1-4,10H,5-7H2,(H,14,15). The van der Waals surface area contributed by atoms with Gasteiger partial charge in [0.2, 0.25) is 0 Å². The molecular formula is C13H12N2O2. The van der Waals surface area contributed by atoms with Crippen molar-refractivity contribution in [2.24, 2.45) is 0 Å².